The zero-order valence-corrected chi connectivity index (χ0v) is 14.5. The van der Waals surface area contributed by atoms with E-state index < -0.39 is 0 Å². The van der Waals surface area contributed by atoms with Crippen molar-refractivity contribution in [2.24, 2.45) is 0 Å². The van der Waals surface area contributed by atoms with Crippen LogP contribution in [-0.4, -0.2) is 37.9 Å². The molecule has 6 heteroatoms. The number of phenolic OH excluding ortho intramolecular Hbond substituents is 1. The monoisotopic (exact) mass is 350 g/mol. The molecule has 2 N–H and O–H groups in total. The molecule has 6 nitrogen and oxygen atoms in total. The Kier molecular flexibility index (Phi) is 4.58. The van der Waals surface area contributed by atoms with Crippen LogP contribution >= 0.6 is 0 Å². The summed E-state index contributed by atoms with van der Waals surface area (Å²) in [5.74, 6) is 1.28. The number of aromatic amines is 1. The van der Waals surface area contributed by atoms with Crippen LogP contribution in [0.15, 0.2) is 59.4 Å². The SMILES string of the molecule is O=c1[nH]nc(C2CCCN(Cc3cccc(O)c3)C2)n1-c1ccccc1. The number of hydrogen-bond donors (Lipinski definition) is 2. The molecule has 2 heterocycles. The Hall–Kier alpha value is -2.86. The first kappa shape index (κ1) is 16.6. The summed E-state index contributed by atoms with van der Waals surface area (Å²) in [6.07, 6.45) is 2.06. The molecule has 1 aliphatic rings. The van der Waals surface area contributed by atoms with Crippen molar-refractivity contribution < 1.29 is 5.11 Å². The second kappa shape index (κ2) is 7.17. The molecular weight excluding hydrogens is 328 g/mol. The van der Waals surface area contributed by atoms with Crippen molar-refractivity contribution in [3.8, 4) is 11.4 Å². The molecule has 1 atom stereocenters. The molecule has 1 unspecified atom stereocenters. The molecule has 134 valence electrons. The minimum Gasteiger partial charge on any atom is -0.508 e. The number of nitrogens with zero attached hydrogens (tertiary/aromatic N) is 3. The Morgan fingerprint density at radius 1 is 1.15 bits per heavy atom. The van der Waals surface area contributed by atoms with Crippen LogP contribution in [0.3, 0.4) is 0 Å². The van der Waals surface area contributed by atoms with E-state index in [9.17, 15) is 9.90 Å². The fourth-order valence-electron chi connectivity index (χ4n) is 3.73. The van der Waals surface area contributed by atoms with Crippen molar-refractivity contribution in [2.45, 2.75) is 25.3 Å². The predicted molar refractivity (Wildman–Crippen MR) is 99.5 cm³/mol. The number of nitrogens with one attached hydrogen (secondary N) is 1. The summed E-state index contributed by atoms with van der Waals surface area (Å²) in [6.45, 7) is 2.63. The molecule has 0 amide bonds. The molecule has 26 heavy (non-hydrogen) atoms. The molecule has 0 spiro atoms. The fraction of sp³-hybridized carbons (Fsp3) is 0.300. The van der Waals surface area contributed by atoms with Gasteiger partial charge in [0.05, 0.1) is 5.69 Å². The number of benzene rings is 2. The highest BCUT2D eigenvalue weighted by molar-refractivity contribution is 5.33. The van der Waals surface area contributed by atoms with Gasteiger partial charge in [0.1, 0.15) is 11.6 Å². The molecule has 0 aliphatic carbocycles. The third kappa shape index (κ3) is 3.41. The number of piperidine rings is 1. The van der Waals surface area contributed by atoms with Crippen LogP contribution in [0.4, 0.5) is 0 Å². The Balaban J connectivity index is 1.56. The zero-order valence-electron chi connectivity index (χ0n) is 14.5. The summed E-state index contributed by atoms with van der Waals surface area (Å²) in [7, 11) is 0. The molecule has 3 aromatic rings. The minimum atomic E-state index is -0.198. The third-order valence-corrected chi connectivity index (χ3v) is 4.90. The lowest BCUT2D eigenvalue weighted by Gasteiger charge is -2.32. The second-order valence-corrected chi connectivity index (χ2v) is 6.80. The summed E-state index contributed by atoms with van der Waals surface area (Å²) in [5.41, 5.74) is 1.73. The lowest BCUT2D eigenvalue weighted by Crippen LogP contribution is -2.35. The van der Waals surface area contributed by atoms with Gasteiger partial charge in [-0.1, -0.05) is 30.3 Å². The van der Waals surface area contributed by atoms with Crippen LogP contribution in [0.25, 0.3) is 5.69 Å². The normalized spacial score (nSPS) is 18.1. The van der Waals surface area contributed by atoms with Gasteiger partial charge in [-0.2, -0.15) is 5.10 Å². The van der Waals surface area contributed by atoms with Crippen LogP contribution in [0, 0.1) is 0 Å². The zero-order chi connectivity index (χ0) is 17.9. The Bertz CT molecular complexity index is 932. The summed E-state index contributed by atoms with van der Waals surface area (Å²) in [5, 5.41) is 16.6. The molecule has 1 aliphatic heterocycles. The van der Waals surface area contributed by atoms with E-state index in [4.69, 9.17) is 0 Å². The number of hydrogen-bond acceptors (Lipinski definition) is 4. The molecule has 1 saturated heterocycles. The summed E-state index contributed by atoms with van der Waals surface area (Å²) in [4.78, 5) is 14.7. The van der Waals surface area contributed by atoms with E-state index in [1.54, 1.807) is 16.7 Å². The average molecular weight is 350 g/mol. The summed E-state index contributed by atoms with van der Waals surface area (Å²) in [6, 6.07) is 17.0. The van der Waals surface area contributed by atoms with E-state index in [1.165, 1.54) is 0 Å². The van der Waals surface area contributed by atoms with Crippen LogP contribution in [0.2, 0.25) is 0 Å². The van der Waals surface area contributed by atoms with Crippen LogP contribution in [0.5, 0.6) is 5.75 Å². The highest BCUT2D eigenvalue weighted by Crippen LogP contribution is 2.27. The maximum absolute atomic E-state index is 12.3. The van der Waals surface area contributed by atoms with E-state index in [0.717, 1.165) is 49.6 Å². The number of likely N-dealkylation sites (tertiary alicyclic amines) is 1. The molecule has 1 fully saturated rings. The smallest absolute Gasteiger partial charge is 0.347 e. The van der Waals surface area contributed by atoms with Gasteiger partial charge < -0.3 is 5.11 Å². The highest BCUT2D eigenvalue weighted by Gasteiger charge is 2.26. The Morgan fingerprint density at radius 2 is 2.00 bits per heavy atom. The number of H-pyrrole nitrogens is 1. The topological polar surface area (TPSA) is 74.2 Å². The fourth-order valence-corrected chi connectivity index (χ4v) is 3.73. The summed E-state index contributed by atoms with van der Waals surface area (Å²) >= 11 is 0. The Labute approximate surface area is 151 Å². The van der Waals surface area contributed by atoms with E-state index in [0.29, 0.717) is 5.75 Å². The van der Waals surface area contributed by atoms with Crippen molar-refractivity contribution in [3.05, 3.63) is 76.5 Å². The molecule has 0 saturated carbocycles. The van der Waals surface area contributed by atoms with E-state index in [2.05, 4.69) is 15.1 Å². The predicted octanol–water partition coefficient (Wildman–Crippen LogP) is 2.65. The van der Waals surface area contributed by atoms with Gasteiger partial charge in [0.15, 0.2) is 0 Å². The quantitative estimate of drug-likeness (QED) is 0.759. The van der Waals surface area contributed by atoms with Gasteiger partial charge in [-0.25, -0.2) is 14.5 Å². The number of phenols is 1. The highest BCUT2D eigenvalue weighted by atomic mass is 16.3. The number of aromatic nitrogens is 3. The van der Waals surface area contributed by atoms with Crippen molar-refractivity contribution in [1.82, 2.24) is 19.7 Å². The Morgan fingerprint density at radius 3 is 2.81 bits per heavy atom. The van der Waals surface area contributed by atoms with Gasteiger partial charge >= 0.3 is 5.69 Å². The second-order valence-electron chi connectivity index (χ2n) is 6.80. The molecule has 2 aromatic carbocycles. The number of para-hydroxylation sites is 1. The first-order chi connectivity index (χ1) is 12.7. The first-order valence-electron chi connectivity index (χ1n) is 8.94. The van der Waals surface area contributed by atoms with Crippen molar-refractivity contribution in [3.63, 3.8) is 0 Å². The first-order valence-corrected chi connectivity index (χ1v) is 8.94. The average Bonchev–Trinajstić information content (AvgIpc) is 3.04. The maximum atomic E-state index is 12.3. The third-order valence-electron chi connectivity index (χ3n) is 4.90. The lowest BCUT2D eigenvalue weighted by atomic mass is 9.96. The van der Waals surface area contributed by atoms with Gasteiger partial charge in [-0.05, 0) is 49.2 Å². The van der Waals surface area contributed by atoms with E-state index >= 15 is 0 Å². The van der Waals surface area contributed by atoms with E-state index in [1.807, 2.05) is 42.5 Å². The van der Waals surface area contributed by atoms with Crippen molar-refractivity contribution in [1.29, 1.82) is 0 Å². The van der Waals surface area contributed by atoms with E-state index in [-0.39, 0.29) is 11.6 Å². The molecule has 0 bridgehead atoms. The molecule has 1 aromatic heterocycles. The van der Waals surface area contributed by atoms with Gasteiger partial charge in [0.2, 0.25) is 0 Å². The number of rotatable bonds is 4. The van der Waals surface area contributed by atoms with Crippen molar-refractivity contribution in [2.75, 3.05) is 13.1 Å². The largest absolute Gasteiger partial charge is 0.508 e. The minimum absolute atomic E-state index is 0.195. The lowest BCUT2D eigenvalue weighted by molar-refractivity contribution is 0.195. The van der Waals surface area contributed by atoms with Crippen LogP contribution in [-0.2, 0) is 6.54 Å². The van der Waals surface area contributed by atoms with Crippen molar-refractivity contribution >= 4 is 0 Å². The molecule has 0 radical (unpaired) electrons. The molecule has 4 rings (SSSR count). The van der Waals surface area contributed by atoms with Gasteiger partial charge in [-0.15, -0.1) is 0 Å². The number of aromatic hydroxyl groups is 1. The summed E-state index contributed by atoms with van der Waals surface area (Å²) < 4.78 is 1.68. The van der Waals surface area contributed by atoms with Gasteiger partial charge in [0, 0.05) is 19.0 Å². The van der Waals surface area contributed by atoms with Crippen LogP contribution < -0.4 is 5.69 Å². The van der Waals surface area contributed by atoms with Gasteiger partial charge in [-0.3, -0.25) is 4.90 Å². The van der Waals surface area contributed by atoms with Crippen LogP contribution in [0.1, 0.15) is 30.1 Å². The maximum Gasteiger partial charge on any atom is 0.347 e. The molecular formula is C20H22N4O2. The van der Waals surface area contributed by atoms with Gasteiger partial charge in [0.25, 0.3) is 0 Å². The standard InChI is InChI=1S/C20H22N4O2/c25-18-10-4-6-15(12-18)13-23-11-5-7-16(14-23)19-21-22-20(26)24(19)17-8-2-1-3-9-17/h1-4,6,8-10,12,16,25H,5,7,11,13-14H2,(H,22,26).